The molecule has 0 unspecified atom stereocenters. The second-order valence-electron chi connectivity index (χ2n) is 9.81. The van der Waals surface area contributed by atoms with E-state index in [0.29, 0.717) is 49.1 Å². The zero-order valence-electron chi connectivity index (χ0n) is 21.5. The summed E-state index contributed by atoms with van der Waals surface area (Å²) >= 11 is 0. The Bertz CT molecular complexity index is 1350. The van der Waals surface area contributed by atoms with Crippen LogP contribution in [0.3, 0.4) is 0 Å². The molecule has 1 amide bonds. The van der Waals surface area contributed by atoms with E-state index in [-0.39, 0.29) is 17.9 Å². The first kappa shape index (κ1) is 25.1. The first-order valence-electron chi connectivity index (χ1n) is 13.1. The van der Waals surface area contributed by atoms with Crippen molar-refractivity contribution in [1.29, 1.82) is 0 Å². The van der Waals surface area contributed by atoms with Crippen molar-refractivity contribution in [3.8, 4) is 5.75 Å². The number of allylic oxidation sites excluding steroid dienone is 2. The number of hydrogen-bond donors (Lipinski definition) is 1. The van der Waals surface area contributed by atoms with E-state index < -0.39 is 11.9 Å². The molecule has 1 fully saturated rings. The highest BCUT2D eigenvalue weighted by atomic mass is 19.4. The van der Waals surface area contributed by atoms with Gasteiger partial charge in [0.2, 0.25) is 11.9 Å². The van der Waals surface area contributed by atoms with E-state index in [9.17, 15) is 18.0 Å². The number of carbonyl (C=O) groups is 1. The summed E-state index contributed by atoms with van der Waals surface area (Å²) in [6, 6.07) is 14.8. The van der Waals surface area contributed by atoms with Crippen molar-refractivity contribution in [1.82, 2.24) is 10.3 Å². The Balaban J connectivity index is 1.28. The Labute approximate surface area is 224 Å². The van der Waals surface area contributed by atoms with Gasteiger partial charge in [-0.05, 0) is 67.8 Å². The molecule has 11 heteroatoms. The number of benzene rings is 2. The largest absolute Gasteiger partial charge is 0.497 e. The number of aliphatic imine (C=N–C) groups is 1. The molecule has 4 aliphatic rings. The van der Waals surface area contributed by atoms with Gasteiger partial charge in [-0.1, -0.05) is 0 Å². The van der Waals surface area contributed by atoms with E-state index in [1.54, 1.807) is 42.5 Å². The molecule has 39 heavy (non-hydrogen) atoms. The number of alkyl halides is 3. The molecular weight excluding hydrogens is 509 g/mol. The fraction of sp³-hybridized carbons (Fsp3) is 0.357. The number of ether oxygens (including phenoxy) is 1. The number of methoxy groups -OCH3 is 1. The Morgan fingerprint density at radius 1 is 0.872 bits per heavy atom. The van der Waals surface area contributed by atoms with Crippen LogP contribution in [0, 0.1) is 0 Å². The van der Waals surface area contributed by atoms with Crippen molar-refractivity contribution in [3.05, 3.63) is 71.7 Å². The minimum Gasteiger partial charge on any atom is -0.497 e. The number of fused-ring (bicyclic) bond motifs is 1. The monoisotopic (exact) mass is 538 g/mol. The minimum absolute atomic E-state index is 0.103. The maximum atomic E-state index is 13.9. The predicted octanol–water partition coefficient (Wildman–Crippen LogP) is 4.78. The molecule has 4 aliphatic heterocycles. The van der Waals surface area contributed by atoms with E-state index in [1.165, 1.54) is 5.01 Å². The molecule has 2 aromatic rings. The van der Waals surface area contributed by atoms with Crippen LogP contribution in [0.5, 0.6) is 5.75 Å². The second-order valence-corrected chi connectivity index (χ2v) is 9.81. The molecule has 2 aromatic carbocycles. The maximum Gasteiger partial charge on any atom is 0.433 e. The van der Waals surface area contributed by atoms with Crippen LogP contribution in [0.2, 0.25) is 0 Å². The number of anilines is 3. The Kier molecular flexibility index (Phi) is 6.36. The summed E-state index contributed by atoms with van der Waals surface area (Å²) in [6.45, 7) is 2.56. The van der Waals surface area contributed by atoms with E-state index in [1.807, 2.05) is 29.2 Å². The highest BCUT2D eigenvalue weighted by molar-refractivity contribution is 6.06. The summed E-state index contributed by atoms with van der Waals surface area (Å²) in [5.41, 5.74) is 4.94. The van der Waals surface area contributed by atoms with Crippen LogP contribution >= 0.6 is 0 Å². The zero-order valence-corrected chi connectivity index (χ0v) is 21.5. The van der Waals surface area contributed by atoms with Gasteiger partial charge in [-0.15, -0.1) is 0 Å². The Morgan fingerprint density at radius 2 is 1.56 bits per heavy atom. The van der Waals surface area contributed by atoms with Crippen LogP contribution in [-0.2, 0) is 4.79 Å². The van der Waals surface area contributed by atoms with Crippen molar-refractivity contribution in [2.24, 2.45) is 4.99 Å². The minimum atomic E-state index is -4.50. The molecule has 0 aliphatic carbocycles. The quantitative estimate of drug-likeness (QED) is 0.605. The van der Waals surface area contributed by atoms with E-state index >= 15 is 0 Å². The first-order valence-corrected chi connectivity index (χ1v) is 13.1. The highest BCUT2D eigenvalue weighted by Gasteiger charge is 2.44. The van der Waals surface area contributed by atoms with Crippen molar-refractivity contribution in [3.63, 3.8) is 0 Å². The normalized spacial score (nSPS) is 19.7. The van der Waals surface area contributed by atoms with Crippen LogP contribution in [-0.4, -0.2) is 56.2 Å². The van der Waals surface area contributed by atoms with Crippen LogP contribution in [0.1, 0.15) is 25.7 Å². The molecule has 6 rings (SSSR count). The molecule has 0 aromatic heterocycles. The number of rotatable bonds is 4. The Morgan fingerprint density at radius 3 is 2.23 bits per heavy atom. The molecule has 8 nitrogen and oxygen atoms in total. The third kappa shape index (κ3) is 4.66. The van der Waals surface area contributed by atoms with Gasteiger partial charge in [0, 0.05) is 55.7 Å². The van der Waals surface area contributed by atoms with E-state index in [0.717, 1.165) is 30.8 Å². The lowest BCUT2D eigenvalue weighted by atomic mass is 10.0. The van der Waals surface area contributed by atoms with Gasteiger partial charge in [-0.2, -0.15) is 13.2 Å². The van der Waals surface area contributed by atoms with Gasteiger partial charge in [0.15, 0.2) is 0 Å². The van der Waals surface area contributed by atoms with Gasteiger partial charge in [-0.3, -0.25) is 25.1 Å². The van der Waals surface area contributed by atoms with Crippen LogP contribution < -0.4 is 25.0 Å². The molecular formula is C28H29F3N6O2. The number of likely N-dealkylation sites (tertiary alicyclic amines) is 1. The lowest BCUT2D eigenvalue weighted by molar-refractivity contribution is -0.124. The van der Waals surface area contributed by atoms with Crippen LogP contribution in [0.4, 0.5) is 30.2 Å². The van der Waals surface area contributed by atoms with Gasteiger partial charge < -0.3 is 14.5 Å². The van der Waals surface area contributed by atoms with Crippen LogP contribution in [0.25, 0.3) is 0 Å². The molecule has 0 saturated carbocycles. The molecule has 1 N–H and O–H groups in total. The lowest BCUT2D eigenvalue weighted by Gasteiger charge is -2.34. The van der Waals surface area contributed by atoms with E-state index in [4.69, 9.17) is 4.74 Å². The second kappa shape index (κ2) is 9.87. The van der Waals surface area contributed by atoms with Gasteiger partial charge in [0.1, 0.15) is 11.4 Å². The third-order valence-corrected chi connectivity index (χ3v) is 7.41. The summed E-state index contributed by atoms with van der Waals surface area (Å²) in [5.74, 6) is 1.43. The average Bonchev–Trinajstić information content (AvgIpc) is 3.56. The first-order chi connectivity index (χ1) is 18.8. The van der Waals surface area contributed by atoms with Crippen molar-refractivity contribution in [2.45, 2.75) is 31.9 Å². The van der Waals surface area contributed by atoms with Gasteiger partial charge in [-0.25, -0.2) is 0 Å². The smallest absolute Gasteiger partial charge is 0.433 e. The Hall–Kier alpha value is -4.15. The fourth-order valence-electron chi connectivity index (χ4n) is 5.46. The number of halogens is 3. The number of hydrazine groups is 1. The molecule has 0 atom stereocenters. The van der Waals surface area contributed by atoms with Gasteiger partial charge in [0.05, 0.1) is 18.5 Å². The number of carbonyl (C=O) groups excluding carboxylic acids is 1. The standard InChI is InChI=1S/C28H29F3N6O2/c1-39-22-11-9-21(10-12-22)37-24-18-34(17-13-23(24)26(33-37)28(29,30)31)19-5-7-20(8-6-19)35-16-3-14-32-27(35)36-15-2-4-25(36)38/h5-12,18,33H,2-4,13-17H2,1H3. The van der Waals surface area contributed by atoms with Gasteiger partial charge in [0.25, 0.3) is 0 Å². The highest BCUT2D eigenvalue weighted by Crippen LogP contribution is 2.42. The fourth-order valence-corrected chi connectivity index (χ4v) is 5.46. The molecule has 0 bridgehead atoms. The predicted molar refractivity (Wildman–Crippen MR) is 143 cm³/mol. The summed E-state index contributed by atoms with van der Waals surface area (Å²) in [7, 11) is 1.54. The van der Waals surface area contributed by atoms with Crippen LogP contribution in [0.15, 0.2) is 76.7 Å². The summed E-state index contributed by atoms with van der Waals surface area (Å²) in [4.78, 5) is 22.8. The molecule has 0 radical (unpaired) electrons. The van der Waals surface area contributed by atoms with Gasteiger partial charge >= 0.3 is 6.18 Å². The molecule has 1 saturated heterocycles. The summed E-state index contributed by atoms with van der Waals surface area (Å²) in [5, 5.41) is 1.47. The number of nitrogens with zero attached hydrogens (tertiary/aromatic N) is 5. The summed E-state index contributed by atoms with van der Waals surface area (Å²) < 4.78 is 46.9. The number of nitrogens with one attached hydrogen (secondary N) is 1. The zero-order chi connectivity index (χ0) is 27.1. The van der Waals surface area contributed by atoms with Crippen molar-refractivity contribution in [2.75, 3.05) is 48.1 Å². The SMILES string of the molecule is COc1ccc(N2NC(C(F)(F)F)=C3CCN(c4ccc(N5CCCN=C5N5CCCC5=O)cc4)C=C32)cc1. The summed E-state index contributed by atoms with van der Waals surface area (Å²) in [6.07, 6.45) is -0.212. The third-order valence-electron chi connectivity index (χ3n) is 7.41. The molecule has 204 valence electrons. The van der Waals surface area contributed by atoms with Crippen molar-refractivity contribution >= 4 is 28.9 Å². The topological polar surface area (TPSA) is 63.7 Å². The molecule has 4 heterocycles. The van der Waals surface area contributed by atoms with E-state index in [2.05, 4.69) is 15.3 Å². The lowest BCUT2D eigenvalue weighted by Crippen LogP contribution is -2.48. The molecule has 0 spiro atoms. The number of amides is 1. The average molecular weight is 539 g/mol. The van der Waals surface area contributed by atoms with Crippen molar-refractivity contribution < 1.29 is 22.7 Å². The number of hydrogen-bond acceptors (Lipinski definition) is 7. The number of guanidine groups is 1. The maximum absolute atomic E-state index is 13.9.